The Bertz CT molecular complexity index is 1230. The number of phosphoric ester groups is 1. The second kappa shape index (κ2) is 57.9. The zero-order chi connectivity index (χ0) is 54.9. The van der Waals surface area contributed by atoms with Crippen LogP contribution >= 0.6 is 7.82 Å². The maximum Gasteiger partial charge on any atom is 0.472 e. The van der Waals surface area contributed by atoms with Crippen LogP contribution in [0.5, 0.6) is 0 Å². The predicted octanol–water partition coefficient (Wildman–Crippen LogP) is 20.9. The standard InChI is InChI=1S/C66H133N2O6P/c1-6-8-10-12-14-16-18-20-22-24-26-28-30-32-33-34-35-36-38-40-42-44-46-48-50-52-54-56-58-60-66(70)67-64(63-74-75(71,72)73-62-61-68(3,4)5)65(69)59-57-55-53-51-49-47-45-43-41-39-37-31-29-27-25-23-21-19-17-15-13-11-9-7-2/h32-33,64-65,69H,6-31,34-63H2,1-5H3,(H-,67,70,71,72)/p+1/b33-32-. The molecule has 0 aromatic heterocycles. The Morgan fingerprint density at radius 2 is 0.720 bits per heavy atom. The predicted molar refractivity (Wildman–Crippen MR) is 328 cm³/mol. The molecule has 0 aromatic rings. The maximum absolute atomic E-state index is 13.1. The zero-order valence-electron chi connectivity index (χ0n) is 51.3. The molecule has 3 atom stereocenters. The molecule has 0 rings (SSSR count). The number of unbranched alkanes of at least 4 members (excludes halogenated alkanes) is 48. The van der Waals surface area contributed by atoms with Gasteiger partial charge in [0, 0.05) is 6.42 Å². The average Bonchev–Trinajstić information content (AvgIpc) is 3.37. The summed E-state index contributed by atoms with van der Waals surface area (Å²) in [4.78, 5) is 23.4. The molecule has 8 nitrogen and oxygen atoms in total. The van der Waals surface area contributed by atoms with Gasteiger partial charge in [0.15, 0.2) is 0 Å². The number of aliphatic hydroxyl groups excluding tert-OH is 1. The number of hydrogen-bond donors (Lipinski definition) is 3. The first kappa shape index (κ1) is 74.2. The van der Waals surface area contributed by atoms with E-state index in [1.807, 2.05) is 21.1 Å². The molecule has 0 aliphatic rings. The normalized spacial score (nSPS) is 13.7. The van der Waals surface area contributed by atoms with Crippen LogP contribution in [0.15, 0.2) is 12.2 Å². The largest absolute Gasteiger partial charge is 0.472 e. The van der Waals surface area contributed by atoms with Crippen LogP contribution in [-0.4, -0.2) is 73.4 Å². The van der Waals surface area contributed by atoms with Gasteiger partial charge in [-0.1, -0.05) is 321 Å². The molecule has 0 aromatic carbocycles. The third-order valence-electron chi connectivity index (χ3n) is 15.8. The maximum atomic E-state index is 13.1. The first-order valence-electron chi connectivity index (χ1n) is 33.6. The van der Waals surface area contributed by atoms with E-state index >= 15 is 0 Å². The molecule has 3 unspecified atom stereocenters. The van der Waals surface area contributed by atoms with Crippen molar-refractivity contribution in [3.05, 3.63) is 12.2 Å². The second-order valence-electron chi connectivity index (χ2n) is 24.6. The Balaban J connectivity index is 4.03. The Morgan fingerprint density at radius 1 is 0.440 bits per heavy atom. The molecule has 0 spiro atoms. The monoisotopic (exact) mass is 1080 g/mol. The molecule has 3 N–H and O–H groups in total. The van der Waals surface area contributed by atoms with E-state index in [0.29, 0.717) is 23.9 Å². The van der Waals surface area contributed by atoms with E-state index in [0.717, 1.165) is 38.5 Å². The van der Waals surface area contributed by atoms with Gasteiger partial charge in [0.05, 0.1) is 39.9 Å². The number of amides is 1. The van der Waals surface area contributed by atoms with Crippen molar-refractivity contribution in [3.63, 3.8) is 0 Å². The van der Waals surface area contributed by atoms with Gasteiger partial charge in [0.2, 0.25) is 5.91 Å². The van der Waals surface area contributed by atoms with Gasteiger partial charge < -0.3 is 19.8 Å². The van der Waals surface area contributed by atoms with Crippen LogP contribution < -0.4 is 5.32 Å². The second-order valence-corrected chi connectivity index (χ2v) is 26.0. The van der Waals surface area contributed by atoms with Gasteiger partial charge in [-0.15, -0.1) is 0 Å². The van der Waals surface area contributed by atoms with E-state index in [1.54, 1.807) is 0 Å². The number of aliphatic hydroxyl groups is 1. The summed E-state index contributed by atoms with van der Waals surface area (Å²) in [7, 11) is 1.64. The number of quaternary nitrogens is 1. The Kier molecular flexibility index (Phi) is 57.3. The summed E-state index contributed by atoms with van der Waals surface area (Å²) in [6, 6.07) is -0.759. The van der Waals surface area contributed by atoms with Crippen molar-refractivity contribution in [2.45, 2.75) is 366 Å². The number of nitrogens with zero attached hydrogens (tertiary/aromatic N) is 1. The van der Waals surface area contributed by atoms with Crippen molar-refractivity contribution in [1.29, 1.82) is 0 Å². The van der Waals surface area contributed by atoms with Gasteiger partial charge in [0.25, 0.3) is 0 Å². The molecule has 0 heterocycles. The Hall–Kier alpha value is -0.760. The van der Waals surface area contributed by atoms with Crippen molar-refractivity contribution in [2.75, 3.05) is 40.9 Å². The molecule has 1 amide bonds. The third kappa shape index (κ3) is 60.7. The number of hydrogen-bond acceptors (Lipinski definition) is 5. The lowest BCUT2D eigenvalue weighted by Crippen LogP contribution is -2.46. The number of allylic oxidation sites excluding steroid dienone is 2. The lowest BCUT2D eigenvalue weighted by Gasteiger charge is -2.26. The number of nitrogens with one attached hydrogen (secondary N) is 1. The summed E-state index contributed by atoms with van der Waals surface area (Å²) in [5, 5.41) is 14.1. The summed E-state index contributed by atoms with van der Waals surface area (Å²) in [6.07, 6.45) is 73.0. The van der Waals surface area contributed by atoms with E-state index in [2.05, 4.69) is 31.3 Å². The lowest BCUT2D eigenvalue weighted by atomic mass is 10.0. The molecule has 0 saturated heterocycles. The van der Waals surface area contributed by atoms with Crippen LogP contribution in [0.25, 0.3) is 0 Å². The minimum atomic E-state index is -4.33. The summed E-state index contributed by atoms with van der Waals surface area (Å²) in [6.45, 7) is 4.95. The minimum absolute atomic E-state index is 0.0778. The van der Waals surface area contributed by atoms with Gasteiger partial charge in [0.1, 0.15) is 13.2 Å². The summed E-state index contributed by atoms with van der Waals surface area (Å²) in [5.41, 5.74) is 0. The van der Waals surface area contributed by atoms with Crippen LogP contribution in [0.4, 0.5) is 0 Å². The van der Waals surface area contributed by atoms with Crippen molar-refractivity contribution in [3.8, 4) is 0 Å². The van der Waals surface area contributed by atoms with Crippen molar-refractivity contribution >= 4 is 13.7 Å². The van der Waals surface area contributed by atoms with Crippen LogP contribution in [0.2, 0.25) is 0 Å². The van der Waals surface area contributed by atoms with E-state index < -0.39 is 20.0 Å². The summed E-state index contributed by atoms with van der Waals surface area (Å²) in [5.74, 6) is -0.137. The first-order chi connectivity index (χ1) is 36.5. The SMILES string of the molecule is CCCCCCCCCCCCCC/C=C\CCCCCCCCCCCCCCCC(=O)NC(COP(=O)(O)OCC[N+](C)(C)C)C(O)CCCCCCCCCCCCCCCCCCCCCCCCCC. The number of carbonyl (C=O) groups is 1. The molecule has 0 saturated carbocycles. The molecule has 0 radical (unpaired) electrons. The average molecular weight is 1080 g/mol. The number of likely N-dealkylation sites (N-methyl/N-ethyl adjacent to an activating group) is 1. The summed E-state index contributed by atoms with van der Waals surface area (Å²) < 4.78 is 23.9. The van der Waals surface area contributed by atoms with Gasteiger partial charge >= 0.3 is 7.82 Å². The molecule has 0 bridgehead atoms. The molecule has 448 valence electrons. The molecule has 0 aliphatic carbocycles. The molecule has 0 aliphatic heterocycles. The fourth-order valence-electron chi connectivity index (χ4n) is 10.5. The molecular formula is C66H134N2O6P+. The van der Waals surface area contributed by atoms with Gasteiger partial charge in [-0.3, -0.25) is 13.8 Å². The third-order valence-corrected chi connectivity index (χ3v) is 16.7. The quantitative estimate of drug-likeness (QED) is 0.0243. The zero-order valence-corrected chi connectivity index (χ0v) is 52.2. The number of carbonyl (C=O) groups excluding carboxylic acids is 1. The Morgan fingerprint density at radius 3 is 1.03 bits per heavy atom. The van der Waals surface area contributed by atoms with Crippen molar-refractivity contribution < 1.29 is 32.9 Å². The van der Waals surface area contributed by atoms with Crippen LogP contribution in [0, 0.1) is 0 Å². The van der Waals surface area contributed by atoms with Crippen LogP contribution in [0.1, 0.15) is 354 Å². The van der Waals surface area contributed by atoms with Gasteiger partial charge in [-0.25, -0.2) is 4.57 Å². The molecule has 75 heavy (non-hydrogen) atoms. The molecule has 9 heteroatoms. The van der Waals surface area contributed by atoms with Crippen molar-refractivity contribution in [1.82, 2.24) is 5.32 Å². The van der Waals surface area contributed by atoms with Crippen LogP contribution in [-0.2, 0) is 18.4 Å². The fraction of sp³-hybridized carbons (Fsp3) is 0.955. The first-order valence-corrected chi connectivity index (χ1v) is 35.0. The molecular weight excluding hydrogens is 948 g/mol. The highest BCUT2D eigenvalue weighted by molar-refractivity contribution is 7.47. The Labute approximate surface area is 469 Å². The molecule has 0 fully saturated rings. The fourth-order valence-corrected chi connectivity index (χ4v) is 11.3. The highest BCUT2D eigenvalue weighted by atomic mass is 31.2. The topological polar surface area (TPSA) is 105 Å². The van der Waals surface area contributed by atoms with E-state index in [9.17, 15) is 19.4 Å². The van der Waals surface area contributed by atoms with Crippen molar-refractivity contribution in [2.24, 2.45) is 0 Å². The van der Waals surface area contributed by atoms with Gasteiger partial charge in [-0.05, 0) is 38.5 Å². The highest BCUT2D eigenvalue weighted by Gasteiger charge is 2.28. The number of phosphoric acid groups is 1. The minimum Gasteiger partial charge on any atom is -0.391 e. The smallest absolute Gasteiger partial charge is 0.391 e. The summed E-state index contributed by atoms with van der Waals surface area (Å²) >= 11 is 0. The van der Waals surface area contributed by atoms with E-state index in [-0.39, 0.29) is 19.1 Å². The lowest BCUT2D eigenvalue weighted by molar-refractivity contribution is -0.870. The highest BCUT2D eigenvalue weighted by Crippen LogP contribution is 2.43. The van der Waals surface area contributed by atoms with Gasteiger partial charge in [-0.2, -0.15) is 0 Å². The van der Waals surface area contributed by atoms with E-state index in [1.165, 1.54) is 289 Å². The number of rotatable bonds is 63. The van der Waals surface area contributed by atoms with E-state index in [4.69, 9.17) is 9.05 Å². The van der Waals surface area contributed by atoms with Crippen LogP contribution in [0.3, 0.4) is 0 Å².